The third kappa shape index (κ3) is 3.17. The van der Waals surface area contributed by atoms with Gasteiger partial charge in [-0.05, 0) is 24.3 Å². The summed E-state index contributed by atoms with van der Waals surface area (Å²) in [7, 11) is -1.82. The molecule has 0 atom stereocenters. The van der Waals surface area contributed by atoms with Crippen molar-refractivity contribution in [2.45, 2.75) is 11.4 Å². The van der Waals surface area contributed by atoms with Crippen LogP contribution in [0.15, 0.2) is 45.9 Å². The number of nitrogens with two attached hydrogens (primary N) is 1. The van der Waals surface area contributed by atoms with E-state index < -0.39 is 10.0 Å². The lowest BCUT2D eigenvalue weighted by molar-refractivity contribution is 0.601. The van der Waals surface area contributed by atoms with Gasteiger partial charge in [0.05, 0.1) is 0 Å². The third-order valence-electron chi connectivity index (χ3n) is 2.68. The summed E-state index contributed by atoms with van der Waals surface area (Å²) in [5.74, 6) is 0. The number of benzene rings is 1. The average Bonchev–Trinajstić information content (AvgIpc) is 2.71. The molecular formula is C12H14BrN3O2S. The molecule has 1 aromatic carbocycles. The highest BCUT2D eigenvalue weighted by molar-refractivity contribution is 9.10. The number of sulfonamides is 1. The summed E-state index contributed by atoms with van der Waals surface area (Å²) >= 11 is 3.30. The zero-order chi connectivity index (χ0) is 14.0. The van der Waals surface area contributed by atoms with Gasteiger partial charge in [-0.25, -0.2) is 8.42 Å². The van der Waals surface area contributed by atoms with Crippen LogP contribution in [0.1, 0.15) is 5.69 Å². The lowest BCUT2D eigenvalue weighted by atomic mass is 10.3. The third-order valence-corrected chi connectivity index (χ3v) is 4.52. The number of rotatable bonds is 4. The van der Waals surface area contributed by atoms with Gasteiger partial charge < -0.3 is 10.3 Å². The lowest BCUT2D eigenvalue weighted by Crippen LogP contribution is -2.12. The normalized spacial score (nSPS) is 11.5. The summed E-state index contributed by atoms with van der Waals surface area (Å²) in [5, 5.41) is 0. The number of hydrogen-bond acceptors (Lipinski definition) is 3. The summed E-state index contributed by atoms with van der Waals surface area (Å²) < 4.78 is 29.5. The van der Waals surface area contributed by atoms with Crippen LogP contribution in [0.25, 0.3) is 0 Å². The summed E-state index contributed by atoms with van der Waals surface area (Å²) in [6.07, 6.45) is 1.54. The summed E-state index contributed by atoms with van der Waals surface area (Å²) in [6, 6.07) is 8.55. The van der Waals surface area contributed by atoms with Crippen LogP contribution in [-0.4, -0.2) is 13.0 Å². The second-order valence-electron chi connectivity index (χ2n) is 4.10. The van der Waals surface area contributed by atoms with Gasteiger partial charge in [0.1, 0.15) is 4.90 Å². The van der Waals surface area contributed by atoms with E-state index in [1.165, 1.54) is 0 Å². The summed E-state index contributed by atoms with van der Waals surface area (Å²) in [5.41, 5.74) is 6.80. The largest absolute Gasteiger partial charge is 0.352 e. The van der Waals surface area contributed by atoms with Crippen molar-refractivity contribution in [3.8, 4) is 0 Å². The molecule has 3 N–H and O–H groups in total. The van der Waals surface area contributed by atoms with Crippen LogP contribution < -0.4 is 10.5 Å². The molecule has 2 rings (SSSR count). The predicted octanol–water partition coefficient (Wildman–Crippen LogP) is 2.05. The van der Waals surface area contributed by atoms with E-state index in [9.17, 15) is 8.42 Å². The Morgan fingerprint density at radius 1 is 1.37 bits per heavy atom. The van der Waals surface area contributed by atoms with Crippen molar-refractivity contribution in [3.63, 3.8) is 0 Å². The highest BCUT2D eigenvalue weighted by Crippen LogP contribution is 2.20. The summed E-state index contributed by atoms with van der Waals surface area (Å²) in [6.45, 7) is 0.295. The van der Waals surface area contributed by atoms with Gasteiger partial charge in [0.25, 0.3) is 10.0 Å². The highest BCUT2D eigenvalue weighted by atomic mass is 79.9. The number of aryl methyl sites for hydroxylation is 1. The van der Waals surface area contributed by atoms with Gasteiger partial charge in [-0.2, -0.15) is 0 Å². The zero-order valence-electron chi connectivity index (χ0n) is 10.3. The molecule has 0 amide bonds. The van der Waals surface area contributed by atoms with Gasteiger partial charge in [-0.15, -0.1) is 0 Å². The van der Waals surface area contributed by atoms with Gasteiger partial charge in [0.2, 0.25) is 0 Å². The first-order valence-corrected chi connectivity index (χ1v) is 7.83. The fraction of sp³-hybridized carbons (Fsp3) is 0.167. The molecule has 102 valence electrons. The SMILES string of the molecule is Cn1cc(S(=O)(=O)Nc2cccc(Br)c2)cc1CN. The van der Waals surface area contributed by atoms with Crippen LogP contribution in [0.3, 0.4) is 0 Å². The first kappa shape index (κ1) is 14.1. The minimum absolute atomic E-state index is 0.204. The van der Waals surface area contributed by atoms with Gasteiger partial charge in [-0.3, -0.25) is 4.72 Å². The lowest BCUT2D eigenvalue weighted by Gasteiger charge is -2.06. The fourth-order valence-corrected chi connectivity index (χ4v) is 3.24. The van der Waals surface area contributed by atoms with E-state index in [1.807, 2.05) is 6.07 Å². The number of nitrogens with zero attached hydrogens (tertiary/aromatic N) is 1. The molecule has 1 aromatic heterocycles. The topological polar surface area (TPSA) is 77.1 Å². The Bertz CT molecular complexity index is 695. The molecule has 0 aliphatic rings. The Kier molecular flexibility index (Phi) is 3.98. The minimum atomic E-state index is -3.59. The number of nitrogens with one attached hydrogen (secondary N) is 1. The second-order valence-corrected chi connectivity index (χ2v) is 6.70. The monoisotopic (exact) mass is 343 g/mol. The Morgan fingerprint density at radius 3 is 2.68 bits per heavy atom. The van der Waals surface area contributed by atoms with Gasteiger partial charge >= 0.3 is 0 Å². The molecule has 0 radical (unpaired) electrons. The molecule has 5 nitrogen and oxygen atoms in total. The van der Waals surface area contributed by atoms with E-state index in [4.69, 9.17) is 5.73 Å². The number of hydrogen-bond donors (Lipinski definition) is 2. The van der Waals surface area contributed by atoms with E-state index >= 15 is 0 Å². The standard InChI is InChI=1S/C12H14BrN3O2S/c1-16-8-12(6-11(16)7-14)19(17,18)15-10-4-2-3-9(13)5-10/h2-6,8,15H,7,14H2,1H3. The van der Waals surface area contributed by atoms with Crippen molar-refractivity contribution in [2.24, 2.45) is 12.8 Å². The van der Waals surface area contributed by atoms with E-state index in [1.54, 1.807) is 42.1 Å². The van der Waals surface area contributed by atoms with Gasteiger partial charge in [0, 0.05) is 35.6 Å². The van der Waals surface area contributed by atoms with E-state index in [-0.39, 0.29) is 4.90 Å². The molecule has 0 bridgehead atoms. The van der Waals surface area contributed by atoms with Crippen molar-refractivity contribution in [3.05, 3.63) is 46.7 Å². The smallest absolute Gasteiger partial charge is 0.263 e. The maximum atomic E-state index is 12.2. The van der Waals surface area contributed by atoms with Crippen LogP contribution >= 0.6 is 15.9 Å². The first-order chi connectivity index (χ1) is 8.92. The zero-order valence-corrected chi connectivity index (χ0v) is 12.7. The van der Waals surface area contributed by atoms with Crippen molar-refractivity contribution >= 4 is 31.6 Å². The first-order valence-electron chi connectivity index (χ1n) is 5.56. The van der Waals surface area contributed by atoms with Crippen molar-refractivity contribution in [1.82, 2.24) is 4.57 Å². The Morgan fingerprint density at radius 2 is 2.11 bits per heavy atom. The van der Waals surface area contributed by atoms with Crippen LogP contribution in [0.4, 0.5) is 5.69 Å². The van der Waals surface area contributed by atoms with Crippen LogP contribution in [-0.2, 0) is 23.6 Å². The molecule has 0 saturated heterocycles. The quantitative estimate of drug-likeness (QED) is 0.891. The molecule has 0 aliphatic heterocycles. The molecule has 7 heteroatoms. The van der Waals surface area contributed by atoms with Gasteiger partial charge in [0.15, 0.2) is 0 Å². The van der Waals surface area contributed by atoms with Crippen LogP contribution in [0.5, 0.6) is 0 Å². The fourth-order valence-electron chi connectivity index (χ4n) is 1.69. The van der Waals surface area contributed by atoms with Crippen molar-refractivity contribution in [1.29, 1.82) is 0 Å². The molecule has 2 aromatic rings. The maximum Gasteiger partial charge on any atom is 0.263 e. The predicted molar refractivity (Wildman–Crippen MR) is 78.3 cm³/mol. The molecule has 1 heterocycles. The Labute approximate surface area is 120 Å². The average molecular weight is 344 g/mol. The van der Waals surface area contributed by atoms with Crippen LogP contribution in [0.2, 0.25) is 0 Å². The summed E-state index contributed by atoms with van der Waals surface area (Å²) in [4.78, 5) is 0.204. The number of halogens is 1. The Balaban J connectivity index is 2.32. The van der Waals surface area contributed by atoms with Crippen molar-refractivity contribution < 1.29 is 8.42 Å². The van der Waals surface area contributed by atoms with Gasteiger partial charge in [-0.1, -0.05) is 22.0 Å². The molecule has 0 aliphatic carbocycles. The number of aromatic nitrogens is 1. The minimum Gasteiger partial charge on any atom is -0.352 e. The molecule has 0 fully saturated rings. The van der Waals surface area contributed by atoms with Crippen LogP contribution in [0, 0.1) is 0 Å². The Hall–Kier alpha value is -1.31. The second kappa shape index (κ2) is 5.36. The molecular weight excluding hydrogens is 330 g/mol. The van der Waals surface area contributed by atoms with Crippen molar-refractivity contribution in [2.75, 3.05) is 4.72 Å². The molecule has 0 saturated carbocycles. The molecule has 19 heavy (non-hydrogen) atoms. The number of anilines is 1. The van der Waals surface area contributed by atoms with E-state index in [0.717, 1.165) is 10.2 Å². The molecule has 0 spiro atoms. The van der Waals surface area contributed by atoms with E-state index in [2.05, 4.69) is 20.7 Å². The highest BCUT2D eigenvalue weighted by Gasteiger charge is 2.17. The maximum absolute atomic E-state index is 12.2. The molecule has 0 unspecified atom stereocenters. The van der Waals surface area contributed by atoms with E-state index in [0.29, 0.717) is 12.2 Å².